The highest BCUT2D eigenvalue weighted by atomic mass is 32.2. The lowest BCUT2D eigenvalue weighted by molar-refractivity contribution is -0.136. The molecule has 124 valence electrons. The lowest BCUT2D eigenvalue weighted by Gasteiger charge is -2.22. The fourth-order valence-corrected chi connectivity index (χ4v) is 4.10. The number of benzene rings is 1. The lowest BCUT2D eigenvalue weighted by atomic mass is 9.86. The van der Waals surface area contributed by atoms with Crippen LogP contribution in [0.1, 0.15) is 12.0 Å². The van der Waals surface area contributed by atoms with E-state index in [1.165, 1.54) is 24.3 Å². The minimum atomic E-state index is -3.60. The zero-order chi connectivity index (χ0) is 16.4. The second-order valence-electron chi connectivity index (χ2n) is 5.98. The molecule has 2 N–H and O–H groups in total. The topological polar surface area (TPSA) is 92.7 Å². The summed E-state index contributed by atoms with van der Waals surface area (Å²) in [4.78, 5) is 10.8. The molecule has 0 amide bonds. The van der Waals surface area contributed by atoms with Gasteiger partial charge >= 0.3 is 5.97 Å². The average Bonchev–Trinajstić information content (AvgIpc) is 2.88. The molecule has 2 bridgehead atoms. The molecule has 0 radical (unpaired) electrons. The molecule has 2 aliphatic rings. The molecule has 23 heavy (non-hydrogen) atoms. The van der Waals surface area contributed by atoms with Crippen LogP contribution >= 0.6 is 0 Å². The van der Waals surface area contributed by atoms with E-state index < -0.39 is 16.0 Å². The van der Waals surface area contributed by atoms with Crippen molar-refractivity contribution in [3.8, 4) is 0 Å². The van der Waals surface area contributed by atoms with Crippen molar-refractivity contribution >= 4 is 16.0 Å². The molecule has 6 nitrogen and oxygen atoms in total. The Balaban J connectivity index is 1.63. The van der Waals surface area contributed by atoms with Gasteiger partial charge in [-0.05, 0) is 36.0 Å². The second-order valence-corrected chi connectivity index (χ2v) is 7.75. The van der Waals surface area contributed by atoms with Crippen molar-refractivity contribution in [2.75, 3.05) is 13.2 Å². The number of ether oxygens (including phenoxy) is 1. The van der Waals surface area contributed by atoms with Crippen LogP contribution in [0.15, 0.2) is 41.3 Å². The highest BCUT2D eigenvalue weighted by Crippen LogP contribution is 2.32. The Hall–Kier alpha value is -1.70. The Bertz CT molecular complexity index is 710. The SMILES string of the molecule is O=C(O)Cc1ccc(S(=O)(=O)NC[C@@H]2C=C[C@H]3C[C@@H]2CO3)cc1. The summed E-state index contributed by atoms with van der Waals surface area (Å²) in [5.74, 6) is -0.430. The number of hydrogen-bond donors (Lipinski definition) is 2. The Kier molecular flexibility index (Phi) is 4.52. The van der Waals surface area contributed by atoms with Gasteiger partial charge in [0.25, 0.3) is 0 Å². The summed E-state index contributed by atoms with van der Waals surface area (Å²) in [6, 6.07) is 5.93. The molecule has 1 fully saturated rings. The molecule has 3 atom stereocenters. The monoisotopic (exact) mass is 337 g/mol. The van der Waals surface area contributed by atoms with Crippen molar-refractivity contribution in [3.63, 3.8) is 0 Å². The number of rotatable bonds is 6. The van der Waals surface area contributed by atoms with E-state index in [1.807, 2.05) is 12.2 Å². The fourth-order valence-electron chi connectivity index (χ4n) is 3.02. The van der Waals surface area contributed by atoms with E-state index in [2.05, 4.69) is 4.72 Å². The summed E-state index contributed by atoms with van der Waals surface area (Å²) in [5, 5.41) is 8.73. The van der Waals surface area contributed by atoms with Gasteiger partial charge in [-0.3, -0.25) is 4.79 Å². The zero-order valence-corrected chi connectivity index (χ0v) is 13.3. The number of carboxylic acid groups (broad SMARTS) is 1. The van der Waals surface area contributed by atoms with Gasteiger partial charge in [0.2, 0.25) is 10.0 Å². The van der Waals surface area contributed by atoms with E-state index in [9.17, 15) is 13.2 Å². The number of aliphatic carboxylic acids is 1. The lowest BCUT2D eigenvalue weighted by Crippen LogP contribution is -2.33. The minimum Gasteiger partial charge on any atom is -0.481 e. The van der Waals surface area contributed by atoms with Crippen LogP contribution in [0.2, 0.25) is 0 Å². The quantitative estimate of drug-likeness (QED) is 0.761. The van der Waals surface area contributed by atoms with E-state index in [0.717, 1.165) is 6.42 Å². The Morgan fingerprint density at radius 2 is 2.00 bits per heavy atom. The first-order chi connectivity index (χ1) is 10.9. The molecule has 1 saturated heterocycles. The Morgan fingerprint density at radius 1 is 1.26 bits per heavy atom. The van der Waals surface area contributed by atoms with Crippen LogP contribution in [-0.2, 0) is 26.0 Å². The average molecular weight is 337 g/mol. The van der Waals surface area contributed by atoms with E-state index in [0.29, 0.717) is 24.6 Å². The molecule has 3 rings (SSSR count). The Labute approximate surface area is 135 Å². The summed E-state index contributed by atoms with van der Waals surface area (Å²) in [6.45, 7) is 1.02. The van der Waals surface area contributed by atoms with Crippen molar-refractivity contribution in [1.29, 1.82) is 0 Å². The highest BCUT2D eigenvalue weighted by molar-refractivity contribution is 7.89. The first kappa shape index (κ1) is 16.2. The van der Waals surface area contributed by atoms with Crippen molar-refractivity contribution in [1.82, 2.24) is 4.72 Å². The summed E-state index contributed by atoms with van der Waals surface area (Å²) in [7, 11) is -3.60. The van der Waals surface area contributed by atoms with E-state index in [-0.39, 0.29) is 23.3 Å². The molecule has 1 aliphatic heterocycles. The highest BCUT2D eigenvalue weighted by Gasteiger charge is 2.33. The molecule has 0 aromatic heterocycles. The number of nitrogens with one attached hydrogen (secondary N) is 1. The Morgan fingerprint density at radius 3 is 2.70 bits per heavy atom. The second kappa shape index (κ2) is 6.43. The number of hydrogen-bond acceptors (Lipinski definition) is 4. The molecule has 0 unspecified atom stereocenters. The van der Waals surface area contributed by atoms with Crippen LogP contribution in [0, 0.1) is 11.8 Å². The number of fused-ring (bicyclic) bond motifs is 2. The van der Waals surface area contributed by atoms with E-state index in [1.54, 1.807) is 0 Å². The van der Waals surface area contributed by atoms with Gasteiger partial charge in [0.05, 0.1) is 24.0 Å². The van der Waals surface area contributed by atoms with Crippen molar-refractivity contribution in [3.05, 3.63) is 42.0 Å². The first-order valence-electron chi connectivity index (χ1n) is 7.54. The van der Waals surface area contributed by atoms with Crippen LogP contribution in [-0.4, -0.2) is 38.7 Å². The van der Waals surface area contributed by atoms with Crippen LogP contribution in [0.4, 0.5) is 0 Å². The number of carbonyl (C=O) groups is 1. The van der Waals surface area contributed by atoms with Crippen LogP contribution in [0.25, 0.3) is 0 Å². The van der Waals surface area contributed by atoms with Crippen LogP contribution in [0.3, 0.4) is 0 Å². The smallest absolute Gasteiger partial charge is 0.307 e. The third-order valence-corrected chi connectivity index (χ3v) is 5.78. The zero-order valence-electron chi connectivity index (χ0n) is 12.5. The molecular weight excluding hydrogens is 318 g/mol. The predicted octanol–water partition coefficient (Wildman–Crippen LogP) is 1.18. The molecule has 7 heteroatoms. The summed E-state index contributed by atoms with van der Waals surface area (Å²) in [5.41, 5.74) is 0.570. The third kappa shape index (κ3) is 3.80. The fraction of sp³-hybridized carbons (Fsp3) is 0.438. The number of carboxylic acids is 1. The van der Waals surface area contributed by atoms with E-state index >= 15 is 0 Å². The van der Waals surface area contributed by atoms with Gasteiger partial charge in [-0.2, -0.15) is 0 Å². The molecule has 1 aromatic rings. The molecule has 1 heterocycles. The third-order valence-electron chi connectivity index (χ3n) is 4.34. The van der Waals surface area contributed by atoms with Gasteiger partial charge in [0.1, 0.15) is 0 Å². The van der Waals surface area contributed by atoms with Crippen LogP contribution < -0.4 is 4.72 Å². The largest absolute Gasteiger partial charge is 0.481 e. The molecule has 1 aliphatic carbocycles. The van der Waals surface area contributed by atoms with Gasteiger partial charge in [0.15, 0.2) is 0 Å². The summed E-state index contributed by atoms with van der Waals surface area (Å²) < 4.78 is 32.9. The van der Waals surface area contributed by atoms with Gasteiger partial charge in [-0.25, -0.2) is 13.1 Å². The van der Waals surface area contributed by atoms with Crippen molar-refractivity contribution < 1.29 is 23.1 Å². The molecule has 0 spiro atoms. The van der Waals surface area contributed by atoms with Gasteiger partial charge in [-0.1, -0.05) is 24.3 Å². The number of sulfonamides is 1. The predicted molar refractivity (Wildman–Crippen MR) is 83.4 cm³/mol. The normalized spacial score (nSPS) is 26.3. The maximum atomic E-state index is 12.3. The maximum Gasteiger partial charge on any atom is 0.307 e. The van der Waals surface area contributed by atoms with E-state index in [4.69, 9.17) is 9.84 Å². The standard InChI is InChI=1S/C16H19NO5S/c18-16(19)7-11-1-5-15(6-2-11)23(20,21)17-9-12-3-4-14-8-13(12)10-22-14/h1-6,12-14,17H,7-10H2,(H,18,19)/t12-,13+,14-/m0/s1. The van der Waals surface area contributed by atoms with Crippen LogP contribution in [0.5, 0.6) is 0 Å². The molecule has 0 saturated carbocycles. The summed E-state index contributed by atoms with van der Waals surface area (Å²) in [6.07, 6.45) is 5.05. The minimum absolute atomic E-state index is 0.122. The van der Waals surface area contributed by atoms with Crippen molar-refractivity contribution in [2.24, 2.45) is 11.8 Å². The van der Waals surface area contributed by atoms with Gasteiger partial charge in [0, 0.05) is 6.54 Å². The maximum absolute atomic E-state index is 12.3. The summed E-state index contributed by atoms with van der Waals surface area (Å²) >= 11 is 0. The van der Waals surface area contributed by atoms with Crippen molar-refractivity contribution in [2.45, 2.75) is 23.8 Å². The molecule has 1 aromatic carbocycles. The van der Waals surface area contributed by atoms with Gasteiger partial charge in [-0.15, -0.1) is 0 Å². The van der Waals surface area contributed by atoms with Gasteiger partial charge < -0.3 is 9.84 Å². The first-order valence-corrected chi connectivity index (χ1v) is 9.03. The molecular formula is C16H19NO5S.